The summed E-state index contributed by atoms with van der Waals surface area (Å²) < 4.78 is 39.4. The Bertz CT molecular complexity index is 1160. The maximum Gasteiger partial charge on any atom is 0.200 e. The summed E-state index contributed by atoms with van der Waals surface area (Å²) in [4.78, 5) is 8.82. The number of benzene rings is 2. The Morgan fingerprint density at radius 3 is 2.28 bits per heavy atom. The van der Waals surface area contributed by atoms with Crippen molar-refractivity contribution in [2.24, 2.45) is 5.92 Å². The van der Waals surface area contributed by atoms with Crippen LogP contribution in [0.5, 0.6) is 0 Å². The van der Waals surface area contributed by atoms with Crippen molar-refractivity contribution < 1.29 is 12.8 Å². The number of nitrogens with zero attached hydrogens (tertiary/aromatic N) is 3. The average Bonchev–Trinajstić information content (AvgIpc) is 2.68. The number of para-hydroxylation sites is 2. The minimum Gasteiger partial charge on any atom is -0.368 e. The Morgan fingerprint density at radius 2 is 1.69 bits per heavy atom. The van der Waals surface area contributed by atoms with Gasteiger partial charge in [-0.15, -0.1) is 0 Å². The molecule has 2 aromatic carbocycles. The summed E-state index contributed by atoms with van der Waals surface area (Å²) in [6.45, 7) is 4.71. The summed E-state index contributed by atoms with van der Waals surface area (Å²) in [6.07, 6.45) is 0.843. The number of sulfone groups is 1. The second kappa shape index (κ2) is 8.53. The number of halogens is 1. The van der Waals surface area contributed by atoms with E-state index in [9.17, 15) is 18.1 Å². The first kappa shape index (κ1) is 20.7. The van der Waals surface area contributed by atoms with Crippen molar-refractivity contribution in [1.29, 1.82) is 5.26 Å². The molecule has 0 aliphatic heterocycles. The van der Waals surface area contributed by atoms with Gasteiger partial charge in [0.05, 0.1) is 22.0 Å². The lowest BCUT2D eigenvalue weighted by Gasteiger charge is -2.16. The van der Waals surface area contributed by atoms with E-state index in [1.165, 1.54) is 0 Å². The van der Waals surface area contributed by atoms with Crippen molar-refractivity contribution in [2.75, 3.05) is 11.9 Å². The van der Waals surface area contributed by atoms with Crippen LogP contribution < -0.4 is 5.32 Å². The molecule has 1 atom stereocenters. The molecule has 3 rings (SSSR count). The molecule has 0 aliphatic rings. The predicted molar refractivity (Wildman–Crippen MR) is 109 cm³/mol. The van der Waals surface area contributed by atoms with E-state index in [1.807, 2.05) is 12.1 Å². The van der Waals surface area contributed by atoms with E-state index in [1.54, 1.807) is 18.2 Å². The molecule has 6 nitrogen and oxygen atoms in total. The summed E-state index contributed by atoms with van der Waals surface area (Å²) in [6, 6.07) is 13.3. The monoisotopic (exact) mass is 412 g/mol. The SMILES string of the molecule is CC(C)CCNc1nc2ccccc2nc1[C@@H](C#N)S(=O)(=O)c1ccc(F)cc1. The largest absolute Gasteiger partial charge is 0.368 e. The Balaban J connectivity index is 2.11. The fraction of sp³-hybridized carbons (Fsp3) is 0.286. The molecular formula is C21H21FN4O2S. The van der Waals surface area contributed by atoms with Crippen molar-refractivity contribution in [1.82, 2.24) is 9.97 Å². The predicted octanol–water partition coefficient (Wildman–Crippen LogP) is 4.27. The fourth-order valence-electron chi connectivity index (χ4n) is 2.84. The Labute approximate surface area is 169 Å². The molecule has 29 heavy (non-hydrogen) atoms. The Kier molecular flexibility index (Phi) is 6.09. The topological polar surface area (TPSA) is 95.7 Å². The van der Waals surface area contributed by atoms with Crippen LogP contribution in [0.4, 0.5) is 10.2 Å². The quantitative estimate of drug-likeness (QED) is 0.583. The minimum absolute atomic E-state index is 0.0410. The average molecular weight is 412 g/mol. The third-order valence-electron chi connectivity index (χ3n) is 4.43. The van der Waals surface area contributed by atoms with Gasteiger partial charge in [0.2, 0.25) is 9.84 Å². The Hall–Kier alpha value is -3.05. The number of rotatable bonds is 7. The highest BCUT2D eigenvalue weighted by Crippen LogP contribution is 2.32. The zero-order valence-electron chi connectivity index (χ0n) is 16.1. The van der Waals surface area contributed by atoms with Gasteiger partial charge in [0.15, 0.2) is 11.1 Å². The van der Waals surface area contributed by atoms with Gasteiger partial charge in [-0.1, -0.05) is 26.0 Å². The van der Waals surface area contributed by atoms with Gasteiger partial charge in [-0.25, -0.2) is 22.8 Å². The molecule has 1 heterocycles. The normalized spacial score (nSPS) is 12.7. The van der Waals surface area contributed by atoms with Gasteiger partial charge in [-0.05, 0) is 48.7 Å². The van der Waals surface area contributed by atoms with E-state index < -0.39 is 20.9 Å². The molecule has 0 saturated carbocycles. The van der Waals surface area contributed by atoms with Crippen molar-refractivity contribution in [2.45, 2.75) is 30.4 Å². The number of nitriles is 1. The van der Waals surface area contributed by atoms with Crippen LogP contribution in [0.3, 0.4) is 0 Å². The molecule has 0 spiro atoms. The molecule has 1 N–H and O–H groups in total. The van der Waals surface area contributed by atoms with Gasteiger partial charge in [0.25, 0.3) is 0 Å². The lowest BCUT2D eigenvalue weighted by molar-refractivity contribution is 0.588. The molecule has 0 unspecified atom stereocenters. The van der Waals surface area contributed by atoms with Crippen LogP contribution in [0.2, 0.25) is 0 Å². The first-order valence-electron chi connectivity index (χ1n) is 9.22. The molecule has 150 valence electrons. The lowest BCUT2D eigenvalue weighted by atomic mass is 10.1. The summed E-state index contributed by atoms with van der Waals surface area (Å²) in [5, 5.41) is 11.3. The molecule has 8 heteroatoms. The summed E-state index contributed by atoms with van der Waals surface area (Å²) >= 11 is 0. The maximum atomic E-state index is 13.2. The zero-order valence-corrected chi connectivity index (χ0v) is 16.9. The molecule has 0 amide bonds. The summed E-state index contributed by atoms with van der Waals surface area (Å²) in [7, 11) is -4.12. The molecule has 0 radical (unpaired) electrons. The van der Waals surface area contributed by atoms with Gasteiger partial charge >= 0.3 is 0 Å². The van der Waals surface area contributed by atoms with Crippen LogP contribution in [0.1, 0.15) is 31.2 Å². The highest BCUT2D eigenvalue weighted by molar-refractivity contribution is 7.92. The van der Waals surface area contributed by atoms with Crippen molar-refractivity contribution in [3.8, 4) is 6.07 Å². The van der Waals surface area contributed by atoms with Crippen LogP contribution >= 0.6 is 0 Å². The number of aromatic nitrogens is 2. The van der Waals surface area contributed by atoms with Crippen molar-refractivity contribution in [3.63, 3.8) is 0 Å². The highest BCUT2D eigenvalue weighted by Gasteiger charge is 2.33. The molecule has 0 aliphatic carbocycles. The third-order valence-corrected chi connectivity index (χ3v) is 6.31. The van der Waals surface area contributed by atoms with E-state index in [0.717, 1.165) is 30.7 Å². The molecule has 3 aromatic rings. The second-order valence-corrected chi connectivity index (χ2v) is 9.10. The van der Waals surface area contributed by atoms with Gasteiger partial charge in [0, 0.05) is 6.54 Å². The van der Waals surface area contributed by atoms with Crippen molar-refractivity contribution >= 4 is 26.7 Å². The summed E-state index contributed by atoms with van der Waals surface area (Å²) in [5.74, 6) is 0.148. The van der Waals surface area contributed by atoms with E-state index in [0.29, 0.717) is 23.5 Å². The molecule has 0 fully saturated rings. The smallest absolute Gasteiger partial charge is 0.200 e. The summed E-state index contributed by atoms with van der Waals surface area (Å²) in [5.41, 5.74) is 1.13. The van der Waals surface area contributed by atoms with Gasteiger partial charge < -0.3 is 5.32 Å². The van der Waals surface area contributed by atoms with E-state index >= 15 is 0 Å². The number of fused-ring (bicyclic) bond motifs is 1. The van der Waals surface area contributed by atoms with E-state index in [4.69, 9.17) is 0 Å². The molecule has 1 aromatic heterocycles. The molecular weight excluding hydrogens is 391 g/mol. The first-order chi connectivity index (χ1) is 13.8. The number of nitrogens with one attached hydrogen (secondary N) is 1. The maximum absolute atomic E-state index is 13.2. The van der Waals surface area contributed by atoms with Crippen LogP contribution in [0, 0.1) is 23.1 Å². The lowest BCUT2D eigenvalue weighted by Crippen LogP contribution is -2.18. The highest BCUT2D eigenvalue weighted by atomic mass is 32.2. The molecule has 0 bridgehead atoms. The second-order valence-electron chi connectivity index (χ2n) is 7.06. The number of hydrogen-bond donors (Lipinski definition) is 1. The van der Waals surface area contributed by atoms with Crippen LogP contribution in [0.25, 0.3) is 11.0 Å². The molecule has 0 saturated heterocycles. The fourth-order valence-corrected chi connectivity index (χ4v) is 4.23. The van der Waals surface area contributed by atoms with Gasteiger partial charge in [-0.2, -0.15) is 5.26 Å². The Morgan fingerprint density at radius 1 is 1.07 bits per heavy atom. The third kappa shape index (κ3) is 4.51. The number of hydrogen-bond acceptors (Lipinski definition) is 6. The van der Waals surface area contributed by atoms with Crippen LogP contribution in [-0.4, -0.2) is 24.9 Å². The number of anilines is 1. The first-order valence-corrected chi connectivity index (χ1v) is 10.8. The van der Waals surface area contributed by atoms with Crippen LogP contribution in [-0.2, 0) is 9.84 Å². The minimum atomic E-state index is -4.12. The van der Waals surface area contributed by atoms with E-state index in [-0.39, 0.29) is 16.4 Å². The van der Waals surface area contributed by atoms with Gasteiger partial charge in [-0.3, -0.25) is 0 Å². The van der Waals surface area contributed by atoms with Crippen LogP contribution in [0.15, 0.2) is 53.4 Å². The van der Waals surface area contributed by atoms with Crippen molar-refractivity contribution in [3.05, 3.63) is 60.0 Å². The zero-order chi connectivity index (χ0) is 21.0. The van der Waals surface area contributed by atoms with Gasteiger partial charge in [0.1, 0.15) is 11.5 Å². The standard InChI is InChI=1S/C21H21FN4O2S/c1-14(2)11-12-24-21-20(25-17-5-3-4-6-18(17)26-21)19(13-23)29(27,28)16-9-7-15(22)8-10-16/h3-10,14,19H,11-12H2,1-2H3,(H,24,26)/t19-/m1/s1. The van der Waals surface area contributed by atoms with E-state index in [2.05, 4.69) is 29.1 Å².